The van der Waals surface area contributed by atoms with Crippen LogP contribution in [0.15, 0.2) is 23.8 Å². The smallest absolute Gasteiger partial charge is 0.335 e. The predicted molar refractivity (Wildman–Crippen MR) is 55.5 cm³/mol. The van der Waals surface area contributed by atoms with E-state index in [2.05, 4.69) is 0 Å². The van der Waals surface area contributed by atoms with Gasteiger partial charge in [0.05, 0.1) is 5.57 Å². The average Bonchev–Trinajstić information content (AvgIpc) is 2.19. The van der Waals surface area contributed by atoms with Gasteiger partial charge in [-0.15, -0.1) is 0 Å². The van der Waals surface area contributed by atoms with Crippen LogP contribution in [0.25, 0.3) is 0 Å². The summed E-state index contributed by atoms with van der Waals surface area (Å²) >= 11 is 0. The van der Waals surface area contributed by atoms with Gasteiger partial charge in [0.25, 0.3) is 0 Å². The Hall–Kier alpha value is -1.13. The molecule has 0 aromatic rings. The molecular formula is C11H16O4. The Morgan fingerprint density at radius 1 is 1.47 bits per heavy atom. The highest BCUT2D eigenvalue weighted by molar-refractivity contribution is 5.90. The monoisotopic (exact) mass is 212 g/mol. The van der Waals surface area contributed by atoms with E-state index in [9.17, 15) is 4.79 Å². The van der Waals surface area contributed by atoms with Crippen LogP contribution in [0, 0.1) is 0 Å². The van der Waals surface area contributed by atoms with Gasteiger partial charge in [-0.3, -0.25) is 0 Å². The van der Waals surface area contributed by atoms with Gasteiger partial charge in [-0.05, 0) is 26.0 Å². The predicted octanol–water partition coefficient (Wildman–Crippen LogP) is 1.73. The zero-order chi connectivity index (χ0) is 11.3. The maximum absolute atomic E-state index is 10.7. The summed E-state index contributed by atoms with van der Waals surface area (Å²) in [7, 11) is 0. The Bertz CT molecular complexity index is 285. The van der Waals surface area contributed by atoms with Crippen LogP contribution in [0.5, 0.6) is 0 Å². The molecule has 4 nitrogen and oxygen atoms in total. The molecule has 0 saturated carbocycles. The summed E-state index contributed by atoms with van der Waals surface area (Å²) < 4.78 is 11.0. The number of rotatable bonds is 5. The van der Waals surface area contributed by atoms with E-state index in [0.717, 1.165) is 0 Å². The maximum atomic E-state index is 10.7. The van der Waals surface area contributed by atoms with E-state index in [0.29, 0.717) is 19.6 Å². The van der Waals surface area contributed by atoms with E-state index < -0.39 is 11.8 Å². The first kappa shape index (κ1) is 11.9. The fourth-order valence-corrected chi connectivity index (χ4v) is 1.51. The number of aliphatic carboxylic acids is 1. The van der Waals surface area contributed by atoms with E-state index in [1.54, 1.807) is 12.2 Å². The standard InChI is InChI=1S/C11H16O4/c1-3-14-11(15-4-2)7-5-9(6-8-11)10(12)13/h5-7H,3-4,8H2,1-2H3,(H,12,13). The molecule has 84 valence electrons. The third-order valence-electron chi connectivity index (χ3n) is 2.15. The second kappa shape index (κ2) is 5.09. The molecule has 0 fully saturated rings. The highest BCUT2D eigenvalue weighted by Gasteiger charge is 2.30. The molecule has 0 saturated heterocycles. The lowest BCUT2D eigenvalue weighted by Crippen LogP contribution is -2.35. The first-order valence-corrected chi connectivity index (χ1v) is 5.04. The van der Waals surface area contributed by atoms with Crippen LogP contribution in [-0.4, -0.2) is 30.1 Å². The van der Waals surface area contributed by atoms with Crippen molar-refractivity contribution < 1.29 is 19.4 Å². The van der Waals surface area contributed by atoms with Gasteiger partial charge in [0, 0.05) is 19.6 Å². The number of carboxylic acids is 1. The molecule has 0 atom stereocenters. The number of carbonyl (C=O) groups is 1. The molecule has 0 bridgehead atoms. The van der Waals surface area contributed by atoms with Crippen molar-refractivity contribution in [3.63, 3.8) is 0 Å². The number of hydrogen-bond acceptors (Lipinski definition) is 3. The minimum Gasteiger partial charge on any atom is -0.478 e. The van der Waals surface area contributed by atoms with Gasteiger partial charge in [-0.25, -0.2) is 4.79 Å². The first-order chi connectivity index (χ1) is 7.13. The van der Waals surface area contributed by atoms with E-state index >= 15 is 0 Å². The minimum atomic E-state index is -0.923. The third kappa shape index (κ3) is 2.91. The molecule has 1 rings (SSSR count). The largest absolute Gasteiger partial charge is 0.478 e. The molecule has 0 aromatic carbocycles. The topological polar surface area (TPSA) is 55.8 Å². The summed E-state index contributed by atoms with van der Waals surface area (Å²) in [5, 5.41) is 8.77. The van der Waals surface area contributed by atoms with Crippen molar-refractivity contribution in [1.82, 2.24) is 0 Å². The van der Waals surface area contributed by atoms with Crippen LogP contribution in [0.4, 0.5) is 0 Å². The highest BCUT2D eigenvalue weighted by atomic mass is 16.7. The maximum Gasteiger partial charge on any atom is 0.335 e. The van der Waals surface area contributed by atoms with Crippen molar-refractivity contribution in [2.75, 3.05) is 13.2 Å². The Kier molecular flexibility index (Phi) is 4.05. The Morgan fingerprint density at radius 3 is 2.40 bits per heavy atom. The summed E-state index contributed by atoms with van der Waals surface area (Å²) in [6.07, 6.45) is 5.25. The van der Waals surface area contributed by atoms with Crippen LogP contribution in [0.1, 0.15) is 20.3 Å². The SMILES string of the molecule is CCOC1(OCC)C=CC(C(=O)O)=CC1. The summed E-state index contributed by atoms with van der Waals surface area (Å²) in [6, 6.07) is 0. The van der Waals surface area contributed by atoms with Crippen molar-refractivity contribution in [3.05, 3.63) is 23.8 Å². The van der Waals surface area contributed by atoms with Gasteiger partial charge in [0.1, 0.15) is 0 Å². The summed E-state index contributed by atoms with van der Waals surface area (Å²) in [4.78, 5) is 10.7. The summed E-state index contributed by atoms with van der Waals surface area (Å²) in [5.41, 5.74) is 0.282. The zero-order valence-corrected chi connectivity index (χ0v) is 9.03. The van der Waals surface area contributed by atoms with Gasteiger partial charge >= 0.3 is 5.97 Å². The Balaban J connectivity index is 2.74. The Labute approximate surface area is 89.2 Å². The lowest BCUT2D eigenvalue weighted by molar-refractivity contribution is -0.197. The highest BCUT2D eigenvalue weighted by Crippen LogP contribution is 2.26. The Morgan fingerprint density at radius 2 is 2.07 bits per heavy atom. The molecule has 4 heteroatoms. The summed E-state index contributed by atoms with van der Waals surface area (Å²) in [6.45, 7) is 4.82. The van der Waals surface area contributed by atoms with Gasteiger partial charge in [-0.2, -0.15) is 0 Å². The number of carboxylic acid groups (broad SMARTS) is 1. The van der Waals surface area contributed by atoms with Crippen LogP contribution < -0.4 is 0 Å². The molecule has 1 N–H and O–H groups in total. The van der Waals surface area contributed by atoms with Crippen LogP contribution >= 0.6 is 0 Å². The van der Waals surface area contributed by atoms with Crippen LogP contribution in [0.3, 0.4) is 0 Å². The van der Waals surface area contributed by atoms with Gasteiger partial charge in [0.15, 0.2) is 5.79 Å². The second-order valence-electron chi connectivity index (χ2n) is 3.18. The average molecular weight is 212 g/mol. The molecule has 1 aliphatic rings. The fraction of sp³-hybridized carbons (Fsp3) is 0.545. The quantitative estimate of drug-likeness (QED) is 0.705. The molecule has 0 unspecified atom stereocenters. The second-order valence-corrected chi connectivity index (χ2v) is 3.18. The molecule has 0 aromatic heterocycles. The van der Waals surface area contributed by atoms with Crippen molar-refractivity contribution in [2.45, 2.75) is 26.1 Å². The number of ether oxygens (including phenoxy) is 2. The van der Waals surface area contributed by atoms with Gasteiger partial charge in [0.2, 0.25) is 0 Å². The normalized spacial score (nSPS) is 18.7. The van der Waals surface area contributed by atoms with Crippen molar-refractivity contribution >= 4 is 5.97 Å². The molecule has 0 heterocycles. The van der Waals surface area contributed by atoms with E-state index in [-0.39, 0.29) is 5.57 Å². The van der Waals surface area contributed by atoms with Crippen LogP contribution in [-0.2, 0) is 14.3 Å². The lowest BCUT2D eigenvalue weighted by Gasteiger charge is -2.31. The minimum absolute atomic E-state index is 0.282. The van der Waals surface area contributed by atoms with Crippen molar-refractivity contribution in [3.8, 4) is 0 Å². The van der Waals surface area contributed by atoms with E-state index in [4.69, 9.17) is 14.6 Å². The van der Waals surface area contributed by atoms with Crippen LogP contribution in [0.2, 0.25) is 0 Å². The molecule has 15 heavy (non-hydrogen) atoms. The van der Waals surface area contributed by atoms with Crippen molar-refractivity contribution in [1.29, 1.82) is 0 Å². The summed E-state index contributed by atoms with van der Waals surface area (Å²) in [5.74, 6) is -1.70. The fourth-order valence-electron chi connectivity index (χ4n) is 1.51. The molecule has 0 radical (unpaired) electrons. The lowest BCUT2D eigenvalue weighted by atomic mass is 10.0. The van der Waals surface area contributed by atoms with Gasteiger partial charge < -0.3 is 14.6 Å². The number of hydrogen-bond donors (Lipinski definition) is 1. The third-order valence-corrected chi connectivity index (χ3v) is 2.15. The molecule has 0 spiro atoms. The van der Waals surface area contributed by atoms with E-state index in [1.165, 1.54) is 6.08 Å². The van der Waals surface area contributed by atoms with Gasteiger partial charge in [-0.1, -0.05) is 6.08 Å². The molecular weight excluding hydrogens is 196 g/mol. The first-order valence-electron chi connectivity index (χ1n) is 5.04. The zero-order valence-electron chi connectivity index (χ0n) is 9.03. The molecule has 0 amide bonds. The van der Waals surface area contributed by atoms with E-state index in [1.807, 2.05) is 13.8 Å². The molecule has 1 aliphatic carbocycles. The molecule has 0 aliphatic heterocycles. The van der Waals surface area contributed by atoms with Crippen molar-refractivity contribution in [2.24, 2.45) is 0 Å².